The van der Waals surface area contributed by atoms with Gasteiger partial charge in [-0.25, -0.2) is 0 Å². The van der Waals surface area contributed by atoms with Crippen molar-refractivity contribution < 1.29 is 14.6 Å². The van der Waals surface area contributed by atoms with Crippen molar-refractivity contribution in [1.29, 1.82) is 0 Å². The molecule has 1 fully saturated rings. The van der Waals surface area contributed by atoms with Gasteiger partial charge in [-0.15, -0.1) is 0 Å². The molecule has 174 valence electrons. The van der Waals surface area contributed by atoms with Crippen LogP contribution in [0, 0.1) is 0 Å². The molecule has 1 heterocycles. The third-order valence-electron chi connectivity index (χ3n) is 5.81. The molecule has 1 rings (SSSR count). The van der Waals surface area contributed by atoms with Crippen molar-refractivity contribution in [2.45, 2.75) is 136 Å². The normalized spacial score (nSPS) is 16.2. The summed E-state index contributed by atoms with van der Waals surface area (Å²) in [5, 5.41) is 7.00. The number of amides is 1. The number of nitrogens with zero attached hydrogens (tertiary/aromatic N) is 1. The monoisotopic (exact) mass is 413 g/mol. The van der Waals surface area contributed by atoms with Crippen LogP contribution in [0.2, 0.25) is 0 Å². The summed E-state index contributed by atoms with van der Waals surface area (Å²) in [5.74, 6) is 0.355. The second kappa shape index (κ2) is 20.7. The summed E-state index contributed by atoms with van der Waals surface area (Å²) in [6, 6.07) is 0.321. The van der Waals surface area contributed by atoms with Gasteiger partial charge >= 0.3 is 0 Å². The molecule has 1 N–H and O–H groups in total. The maximum atomic E-state index is 12.5. The fourth-order valence-corrected chi connectivity index (χ4v) is 4.08. The number of carbonyl (C=O) groups is 1. The Hall–Kier alpha value is -0.610. The van der Waals surface area contributed by atoms with Gasteiger partial charge in [0.15, 0.2) is 0 Å². The molecule has 1 saturated heterocycles. The van der Waals surface area contributed by atoms with E-state index in [-0.39, 0.29) is 6.10 Å². The van der Waals surface area contributed by atoms with Crippen molar-refractivity contribution in [3.05, 3.63) is 0 Å². The molecule has 1 aliphatic rings. The zero-order valence-electron chi connectivity index (χ0n) is 20.1. The molecule has 1 aliphatic heterocycles. The topological polar surface area (TPSA) is 49.8 Å². The van der Waals surface area contributed by atoms with Gasteiger partial charge in [-0.1, -0.05) is 84.0 Å². The minimum absolute atomic E-state index is 0.253. The summed E-state index contributed by atoms with van der Waals surface area (Å²) < 4.78 is 5.73. The minimum Gasteiger partial charge on any atom is -0.400 e. The molecule has 0 bridgehead atoms. The fraction of sp³-hybridized carbons (Fsp3) is 0.960. The summed E-state index contributed by atoms with van der Waals surface area (Å²) in [6.45, 7) is 8.05. The number of aliphatic hydroxyl groups is 1. The standard InChI is InChI=1S/C24H47NO2.CH4O/c1-4-5-6-7-8-9-10-11-12-13-14-15-16-19-24(26)25-20-17-18-23(25)21-27-22(2)3;1-2/h22-23H,4-21H2,1-3H3;2H,1H3. The third-order valence-corrected chi connectivity index (χ3v) is 5.81. The summed E-state index contributed by atoms with van der Waals surface area (Å²) in [5.41, 5.74) is 0. The number of carbonyl (C=O) groups excluding carboxylic acids is 1. The van der Waals surface area contributed by atoms with E-state index in [4.69, 9.17) is 9.84 Å². The first-order chi connectivity index (χ1) is 14.1. The molecule has 1 unspecified atom stereocenters. The van der Waals surface area contributed by atoms with E-state index in [0.29, 0.717) is 18.6 Å². The van der Waals surface area contributed by atoms with Gasteiger partial charge in [-0.3, -0.25) is 4.79 Å². The highest BCUT2D eigenvalue weighted by Crippen LogP contribution is 2.20. The molecular weight excluding hydrogens is 362 g/mol. The second-order valence-electron chi connectivity index (χ2n) is 8.76. The number of unbranched alkanes of at least 4 members (excludes halogenated alkanes) is 12. The van der Waals surface area contributed by atoms with Crippen molar-refractivity contribution >= 4 is 5.91 Å². The van der Waals surface area contributed by atoms with Crippen LogP contribution in [0.3, 0.4) is 0 Å². The zero-order valence-corrected chi connectivity index (χ0v) is 20.1. The van der Waals surface area contributed by atoms with Crippen LogP contribution in [0.4, 0.5) is 0 Å². The Kier molecular flexibility index (Phi) is 20.2. The van der Waals surface area contributed by atoms with Crippen LogP contribution >= 0.6 is 0 Å². The van der Waals surface area contributed by atoms with E-state index < -0.39 is 0 Å². The van der Waals surface area contributed by atoms with E-state index in [0.717, 1.165) is 39.3 Å². The molecule has 0 saturated carbocycles. The third kappa shape index (κ3) is 15.8. The first-order valence-electron chi connectivity index (χ1n) is 12.5. The average molecular weight is 414 g/mol. The molecule has 4 heteroatoms. The van der Waals surface area contributed by atoms with Crippen LogP contribution in [0.15, 0.2) is 0 Å². The molecule has 0 aromatic carbocycles. The number of ether oxygens (including phenoxy) is 1. The van der Waals surface area contributed by atoms with E-state index in [1.54, 1.807) is 0 Å². The van der Waals surface area contributed by atoms with E-state index >= 15 is 0 Å². The van der Waals surface area contributed by atoms with Gasteiger partial charge in [0.1, 0.15) is 0 Å². The van der Waals surface area contributed by atoms with Crippen LogP contribution in [-0.2, 0) is 9.53 Å². The number of rotatable bonds is 17. The number of aliphatic hydroxyl groups excluding tert-OH is 1. The van der Waals surface area contributed by atoms with Gasteiger partial charge < -0.3 is 14.7 Å². The fourth-order valence-electron chi connectivity index (χ4n) is 4.08. The SMILES string of the molecule is CCCCCCCCCCCCCCCC(=O)N1CCCC1COC(C)C.CO. The Morgan fingerprint density at radius 3 is 1.86 bits per heavy atom. The first kappa shape index (κ1) is 28.4. The average Bonchev–Trinajstić information content (AvgIpc) is 3.20. The highest BCUT2D eigenvalue weighted by Gasteiger charge is 2.28. The molecular formula is C25H51NO3. The summed E-state index contributed by atoms with van der Waals surface area (Å²) >= 11 is 0. The summed E-state index contributed by atoms with van der Waals surface area (Å²) in [7, 11) is 1.00. The van der Waals surface area contributed by atoms with Crippen LogP contribution in [-0.4, -0.2) is 48.3 Å². The molecule has 0 spiro atoms. The highest BCUT2D eigenvalue weighted by molar-refractivity contribution is 5.76. The molecule has 0 aromatic heterocycles. The Bertz CT molecular complexity index is 360. The van der Waals surface area contributed by atoms with Crippen molar-refractivity contribution in [1.82, 2.24) is 4.90 Å². The van der Waals surface area contributed by atoms with Crippen molar-refractivity contribution in [2.75, 3.05) is 20.3 Å². The van der Waals surface area contributed by atoms with Gasteiger partial charge in [0, 0.05) is 20.1 Å². The molecule has 29 heavy (non-hydrogen) atoms. The lowest BCUT2D eigenvalue weighted by Gasteiger charge is -2.25. The Morgan fingerprint density at radius 1 is 0.897 bits per heavy atom. The van der Waals surface area contributed by atoms with E-state index in [1.165, 1.54) is 77.0 Å². The van der Waals surface area contributed by atoms with Gasteiger partial charge in [0.25, 0.3) is 0 Å². The first-order valence-corrected chi connectivity index (χ1v) is 12.5. The van der Waals surface area contributed by atoms with E-state index in [1.807, 2.05) is 0 Å². The number of hydrogen-bond donors (Lipinski definition) is 1. The van der Waals surface area contributed by atoms with Gasteiger partial charge in [0.05, 0.1) is 18.8 Å². The molecule has 0 aliphatic carbocycles. The van der Waals surface area contributed by atoms with E-state index in [9.17, 15) is 4.79 Å². The lowest BCUT2D eigenvalue weighted by atomic mass is 10.0. The lowest BCUT2D eigenvalue weighted by Crippen LogP contribution is -2.38. The smallest absolute Gasteiger partial charge is 0.222 e. The van der Waals surface area contributed by atoms with Gasteiger partial charge in [-0.05, 0) is 33.1 Å². The molecule has 4 nitrogen and oxygen atoms in total. The summed E-state index contributed by atoms with van der Waals surface area (Å²) in [4.78, 5) is 14.6. The largest absolute Gasteiger partial charge is 0.400 e. The maximum Gasteiger partial charge on any atom is 0.222 e. The van der Waals surface area contributed by atoms with Crippen molar-refractivity contribution in [2.24, 2.45) is 0 Å². The minimum atomic E-state index is 0.253. The van der Waals surface area contributed by atoms with Crippen molar-refractivity contribution in [3.8, 4) is 0 Å². The van der Waals surface area contributed by atoms with Gasteiger partial charge in [0.2, 0.25) is 5.91 Å². The predicted octanol–water partition coefficient (Wildman–Crippen LogP) is 6.49. The second-order valence-corrected chi connectivity index (χ2v) is 8.76. The number of hydrogen-bond acceptors (Lipinski definition) is 3. The molecule has 0 aromatic rings. The number of likely N-dealkylation sites (tertiary alicyclic amines) is 1. The Labute approximate surface area is 181 Å². The zero-order chi connectivity index (χ0) is 21.7. The van der Waals surface area contributed by atoms with E-state index in [2.05, 4.69) is 25.7 Å². The summed E-state index contributed by atoms with van der Waals surface area (Å²) in [6.07, 6.45) is 20.8. The van der Waals surface area contributed by atoms with Crippen LogP contribution in [0.1, 0.15) is 124 Å². The van der Waals surface area contributed by atoms with Crippen LogP contribution < -0.4 is 0 Å². The van der Waals surface area contributed by atoms with Crippen molar-refractivity contribution in [3.63, 3.8) is 0 Å². The predicted molar refractivity (Wildman–Crippen MR) is 124 cm³/mol. The molecule has 0 radical (unpaired) electrons. The lowest BCUT2D eigenvalue weighted by molar-refractivity contribution is -0.133. The van der Waals surface area contributed by atoms with Crippen LogP contribution in [0.25, 0.3) is 0 Å². The Morgan fingerprint density at radius 2 is 1.38 bits per heavy atom. The van der Waals surface area contributed by atoms with Crippen LogP contribution in [0.5, 0.6) is 0 Å². The molecule has 1 amide bonds. The maximum absolute atomic E-state index is 12.5. The quantitative estimate of drug-likeness (QED) is 0.277. The Balaban J connectivity index is 0.00000379. The molecule has 1 atom stereocenters. The van der Waals surface area contributed by atoms with Gasteiger partial charge in [-0.2, -0.15) is 0 Å². The highest BCUT2D eigenvalue weighted by atomic mass is 16.5.